The Bertz CT molecular complexity index is 1400. The van der Waals surface area contributed by atoms with Crippen LogP contribution < -0.4 is 4.74 Å². The molecule has 1 saturated carbocycles. The molecule has 1 aliphatic rings. The zero-order valence-electron chi connectivity index (χ0n) is 18.8. The average Bonchev–Trinajstić information content (AvgIpc) is 3.42. The van der Waals surface area contributed by atoms with Gasteiger partial charge in [-0.1, -0.05) is 6.07 Å². The number of benzene rings is 1. The third-order valence-electron chi connectivity index (χ3n) is 5.78. The van der Waals surface area contributed by atoms with Crippen LogP contribution in [0, 0.1) is 11.6 Å². The van der Waals surface area contributed by atoms with Crippen LogP contribution in [-0.4, -0.2) is 49.2 Å². The Hall–Kier alpha value is -3.89. The molecule has 0 bridgehead atoms. The van der Waals surface area contributed by atoms with Crippen molar-refractivity contribution in [2.45, 2.75) is 38.6 Å². The second kappa shape index (κ2) is 8.47. The highest BCUT2D eigenvalue weighted by Gasteiger charge is 2.33. The van der Waals surface area contributed by atoms with Crippen LogP contribution in [0.15, 0.2) is 30.6 Å². The van der Waals surface area contributed by atoms with Gasteiger partial charge in [0.1, 0.15) is 11.0 Å². The number of halogens is 2. The lowest BCUT2D eigenvalue weighted by Gasteiger charge is -2.15. The van der Waals surface area contributed by atoms with Gasteiger partial charge in [0, 0.05) is 12.1 Å². The molecule has 0 spiro atoms. The molecule has 0 unspecified atom stereocenters. The number of aromatic nitrogens is 6. The number of fused-ring (bicyclic) bond motifs is 1. The van der Waals surface area contributed by atoms with E-state index in [0.717, 1.165) is 30.7 Å². The fourth-order valence-corrected chi connectivity index (χ4v) is 3.84. The van der Waals surface area contributed by atoms with E-state index in [9.17, 15) is 13.6 Å². The SMILES string of the molecule is CCOC(=O)c1cnn(-c2nc(OC)c3c(n2)c(C2CC2)nn3[C@@H](C)c2ccc(F)c(F)c2)c1. The number of nitrogens with zero attached hydrogens (tertiary/aromatic N) is 6. The van der Waals surface area contributed by atoms with Crippen LogP contribution in [0.4, 0.5) is 8.78 Å². The summed E-state index contributed by atoms with van der Waals surface area (Å²) in [5.41, 5.74) is 2.73. The highest BCUT2D eigenvalue weighted by atomic mass is 19.2. The lowest BCUT2D eigenvalue weighted by atomic mass is 10.1. The van der Waals surface area contributed by atoms with E-state index in [-0.39, 0.29) is 29.9 Å². The van der Waals surface area contributed by atoms with Crippen molar-refractivity contribution in [3.8, 4) is 11.8 Å². The summed E-state index contributed by atoms with van der Waals surface area (Å²) in [6.07, 6.45) is 4.82. The smallest absolute Gasteiger partial charge is 0.341 e. The molecular weight excluding hydrogens is 446 g/mol. The van der Waals surface area contributed by atoms with Crippen molar-refractivity contribution in [2.75, 3.05) is 13.7 Å². The number of hydrogen-bond donors (Lipinski definition) is 0. The van der Waals surface area contributed by atoms with Crippen molar-refractivity contribution in [1.82, 2.24) is 29.5 Å². The summed E-state index contributed by atoms with van der Waals surface area (Å²) in [5, 5.41) is 9.00. The first-order valence-electron chi connectivity index (χ1n) is 10.9. The van der Waals surface area contributed by atoms with Gasteiger partial charge in [0.05, 0.1) is 37.2 Å². The summed E-state index contributed by atoms with van der Waals surface area (Å²) < 4.78 is 41.1. The predicted octanol–water partition coefficient (Wildman–Crippen LogP) is 3.96. The zero-order valence-corrected chi connectivity index (χ0v) is 18.8. The minimum Gasteiger partial charge on any atom is -0.479 e. The molecule has 0 aliphatic heterocycles. The van der Waals surface area contributed by atoms with Crippen molar-refractivity contribution in [3.05, 3.63) is 59.0 Å². The van der Waals surface area contributed by atoms with E-state index in [1.54, 1.807) is 11.6 Å². The minimum absolute atomic E-state index is 0.210. The first kappa shape index (κ1) is 21.9. The Labute approximate surface area is 193 Å². The lowest BCUT2D eigenvalue weighted by Crippen LogP contribution is -2.11. The number of carbonyl (C=O) groups excluding carboxylic acids is 1. The third-order valence-corrected chi connectivity index (χ3v) is 5.78. The fraction of sp³-hybridized carbons (Fsp3) is 0.348. The summed E-state index contributed by atoms with van der Waals surface area (Å²) in [6.45, 7) is 3.81. The normalized spacial score (nSPS) is 14.4. The van der Waals surface area contributed by atoms with E-state index in [0.29, 0.717) is 16.6 Å². The quantitative estimate of drug-likeness (QED) is 0.379. The van der Waals surface area contributed by atoms with Crippen LogP contribution in [0.5, 0.6) is 5.88 Å². The summed E-state index contributed by atoms with van der Waals surface area (Å²) in [5.74, 6) is -1.63. The lowest BCUT2D eigenvalue weighted by molar-refractivity contribution is 0.0526. The molecule has 34 heavy (non-hydrogen) atoms. The zero-order chi connectivity index (χ0) is 24.0. The summed E-state index contributed by atoms with van der Waals surface area (Å²) in [4.78, 5) is 21.2. The van der Waals surface area contributed by atoms with E-state index in [1.165, 1.54) is 30.3 Å². The summed E-state index contributed by atoms with van der Waals surface area (Å²) in [6, 6.07) is 3.34. The minimum atomic E-state index is -0.926. The van der Waals surface area contributed by atoms with E-state index >= 15 is 0 Å². The molecule has 5 rings (SSSR count). The number of rotatable bonds is 7. The number of esters is 1. The van der Waals surface area contributed by atoms with Crippen LogP contribution >= 0.6 is 0 Å². The molecule has 3 aromatic heterocycles. The van der Waals surface area contributed by atoms with E-state index in [4.69, 9.17) is 19.6 Å². The number of ether oxygens (including phenoxy) is 2. The Balaban J connectivity index is 1.64. The molecule has 0 N–H and O–H groups in total. The molecule has 4 aromatic rings. The topological polar surface area (TPSA) is 96.9 Å². The third kappa shape index (κ3) is 3.76. The molecule has 176 valence electrons. The van der Waals surface area contributed by atoms with E-state index < -0.39 is 23.6 Å². The fourth-order valence-electron chi connectivity index (χ4n) is 3.84. The summed E-state index contributed by atoms with van der Waals surface area (Å²) >= 11 is 0. The Morgan fingerprint density at radius 2 is 2.03 bits per heavy atom. The van der Waals surface area contributed by atoms with Crippen LogP contribution in [-0.2, 0) is 4.74 Å². The van der Waals surface area contributed by atoms with Crippen LogP contribution in [0.25, 0.3) is 17.0 Å². The first-order chi connectivity index (χ1) is 16.4. The molecule has 0 radical (unpaired) electrons. The van der Waals surface area contributed by atoms with Gasteiger partial charge in [-0.3, -0.25) is 4.68 Å². The molecular formula is C23H22F2N6O3. The molecule has 11 heteroatoms. The Kier molecular flexibility index (Phi) is 5.46. The van der Waals surface area contributed by atoms with Crippen LogP contribution in [0.1, 0.15) is 60.3 Å². The predicted molar refractivity (Wildman–Crippen MR) is 117 cm³/mol. The van der Waals surface area contributed by atoms with Crippen molar-refractivity contribution in [3.63, 3.8) is 0 Å². The van der Waals surface area contributed by atoms with Gasteiger partial charge in [0.15, 0.2) is 11.6 Å². The second-order valence-corrected chi connectivity index (χ2v) is 8.08. The van der Waals surface area contributed by atoms with Gasteiger partial charge < -0.3 is 9.47 Å². The molecule has 0 amide bonds. The number of carbonyl (C=O) groups is 1. The second-order valence-electron chi connectivity index (χ2n) is 8.08. The molecule has 1 atom stereocenters. The highest BCUT2D eigenvalue weighted by molar-refractivity contribution is 5.89. The van der Waals surface area contributed by atoms with Crippen molar-refractivity contribution in [2.24, 2.45) is 0 Å². The largest absolute Gasteiger partial charge is 0.479 e. The molecule has 3 heterocycles. The Morgan fingerprint density at radius 1 is 1.24 bits per heavy atom. The number of hydrogen-bond acceptors (Lipinski definition) is 7. The molecule has 1 fully saturated rings. The van der Waals surface area contributed by atoms with Gasteiger partial charge in [-0.15, -0.1) is 0 Å². The Morgan fingerprint density at radius 3 is 2.71 bits per heavy atom. The van der Waals surface area contributed by atoms with Gasteiger partial charge in [-0.25, -0.2) is 23.2 Å². The van der Waals surface area contributed by atoms with E-state index in [2.05, 4.69) is 10.1 Å². The van der Waals surface area contributed by atoms with Gasteiger partial charge in [-0.2, -0.15) is 15.2 Å². The molecule has 9 nitrogen and oxygen atoms in total. The monoisotopic (exact) mass is 468 g/mol. The summed E-state index contributed by atoms with van der Waals surface area (Å²) in [7, 11) is 1.48. The number of methoxy groups -OCH3 is 1. The maximum Gasteiger partial charge on any atom is 0.341 e. The molecule has 0 saturated heterocycles. The molecule has 1 aliphatic carbocycles. The first-order valence-corrected chi connectivity index (χ1v) is 10.9. The van der Waals surface area contributed by atoms with E-state index in [1.807, 2.05) is 6.92 Å². The van der Waals surface area contributed by atoms with Gasteiger partial charge in [-0.05, 0) is 44.4 Å². The van der Waals surface area contributed by atoms with Gasteiger partial charge >= 0.3 is 5.97 Å². The van der Waals surface area contributed by atoms with Crippen LogP contribution in [0.2, 0.25) is 0 Å². The standard InChI is InChI=1S/C23H22F2N6O3/c1-4-34-22(32)15-10-26-30(11-15)23-27-19-18(13-5-6-13)29-31(20(19)21(28-23)33-3)12(2)14-7-8-16(24)17(25)9-14/h7-13H,4-6H2,1-3H3/t12-/m0/s1. The van der Waals surface area contributed by atoms with Crippen molar-refractivity contribution in [1.29, 1.82) is 0 Å². The maximum absolute atomic E-state index is 13.9. The van der Waals surface area contributed by atoms with Gasteiger partial charge in [0.25, 0.3) is 5.95 Å². The molecule has 1 aromatic carbocycles. The highest BCUT2D eigenvalue weighted by Crippen LogP contribution is 2.44. The maximum atomic E-state index is 13.9. The average molecular weight is 468 g/mol. The van der Waals surface area contributed by atoms with Gasteiger partial charge in [0.2, 0.25) is 5.88 Å². The van der Waals surface area contributed by atoms with Crippen molar-refractivity contribution >= 4 is 17.0 Å². The van der Waals surface area contributed by atoms with Crippen LogP contribution in [0.3, 0.4) is 0 Å². The van der Waals surface area contributed by atoms with Crippen molar-refractivity contribution < 1.29 is 23.0 Å².